The molecule has 5 heteroatoms. The van der Waals surface area contributed by atoms with Crippen LogP contribution in [0.2, 0.25) is 0 Å². The number of nitrogens with zero attached hydrogens (tertiary/aromatic N) is 1. The molecule has 0 spiro atoms. The molecule has 1 fully saturated rings. The first-order valence-electron chi connectivity index (χ1n) is 9.44. The van der Waals surface area contributed by atoms with Gasteiger partial charge in [-0.2, -0.15) is 0 Å². The largest absolute Gasteiger partial charge is 0.497 e. The summed E-state index contributed by atoms with van der Waals surface area (Å²) < 4.78 is 10.6. The molecule has 1 saturated heterocycles. The van der Waals surface area contributed by atoms with E-state index in [0.29, 0.717) is 6.54 Å². The third kappa shape index (κ3) is 5.47. The van der Waals surface area contributed by atoms with Gasteiger partial charge in [0.05, 0.1) is 20.1 Å². The van der Waals surface area contributed by atoms with Crippen LogP contribution in [-0.2, 0) is 17.9 Å². The van der Waals surface area contributed by atoms with Crippen LogP contribution in [0, 0.1) is 5.92 Å². The van der Waals surface area contributed by atoms with Crippen LogP contribution in [0.15, 0.2) is 48.5 Å². The summed E-state index contributed by atoms with van der Waals surface area (Å²) >= 11 is 0. The molecule has 0 radical (unpaired) electrons. The zero-order valence-corrected chi connectivity index (χ0v) is 16.1. The minimum atomic E-state index is 0.0370. The van der Waals surface area contributed by atoms with E-state index in [-0.39, 0.29) is 11.8 Å². The van der Waals surface area contributed by atoms with Crippen molar-refractivity contribution in [3.63, 3.8) is 0 Å². The average Bonchev–Trinajstić information content (AvgIpc) is 2.72. The number of likely N-dealkylation sites (tertiary alicyclic amines) is 1. The van der Waals surface area contributed by atoms with Gasteiger partial charge in [0, 0.05) is 25.7 Å². The molecule has 5 nitrogen and oxygen atoms in total. The van der Waals surface area contributed by atoms with Gasteiger partial charge in [0.2, 0.25) is 5.91 Å². The highest BCUT2D eigenvalue weighted by atomic mass is 16.5. The number of carbonyl (C=O) groups is 1. The van der Waals surface area contributed by atoms with Crippen LogP contribution >= 0.6 is 0 Å². The molecule has 1 aliphatic rings. The highest BCUT2D eigenvalue weighted by Crippen LogP contribution is 2.23. The molecule has 1 unspecified atom stereocenters. The second-order valence-electron chi connectivity index (χ2n) is 7.00. The van der Waals surface area contributed by atoms with Crippen LogP contribution < -0.4 is 14.8 Å². The van der Waals surface area contributed by atoms with Gasteiger partial charge in [-0.25, -0.2) is 0 Å². The molecule has 3 rings (SSSR count). The number of nitrogens with one attached hydrogen (secondary N) is 1. The van der Waals surface area contributed by atoms with Crippen molar-refractivity contribution >= 4 is 5.91 Å². The van der Waals surface area contributed by atoms with Gasteiger partial charge in [-0.1, -0.05) is 30.3 Å². The average molecular weight is 368 g/mol. The van der Waals surface area contributed by atoms with Crippen LogP contribution in [0.25, 0.3) is 0 Å². The van der Waals surface area contributed by atoms with Gasteiger partial charge in [0.25, 0.3) is 0 Å². The maximum atomic E-state index is 12.7. The smallest absolute Gasteiger partial charge is 0.224 e. The maximum absolute atomic E-state index is 12.7. The Bertz CT molecular complexity index is 726. The summed E-state index contributed by atoms with van der Waals surface area (Å²) in [5.74, 6) is 1.61. The van der Waals surface area contributed by atoms with Gasteiger partial charge in [0.1, 0.15) is 11.5 Å². The molecule has 0 aliphatic carbocycles. The lowest BCUT2D eigenvalue weighted by Gasteiger charge is -2.32. The topological polar surface area (TPSA) is 50.8 Å². The third-order valence-corrected chi connectivity index (χ3v) is 5.00. The summed E-state index contributed by atoms with van der Waals surface area (Å²) in [7, 11) is 3.25. The SMILES string of the molecule is COc1cc(CNC(=O)C2CCCN(Cc3ccccc3)C2)cc(OC)c1. The van der Waals surface area contributed by atoms with Crippen molar-refractivity contribution < 1.29 is 14.3 Å². The number of ether oxygens (including phenoxy) is 2. The van der Waals surface area contributed by atoms with Gasteiger partial charge in [0.15, 0.2) is 0 Å². The lowest BCUT2D eigenvalue weighted by Crippen LogP contribution is -2.42. The van der Waals surface area contributed by atoms with Gasteiger partial charge < -0.3 is 14.8 Å². The Morgan fingerprint density at radius 3 is 2.44 bits per heavy atom. The highest BCUT2D eigenvalue weighted by molar-refractivity contribution is 5.79. The molecule has 1 aliphatic heterocycles. The Balaban J connectivity index is 1.54. The molecular weight excluding hydrogens is 340 g/mol. The van der Waals surface area contributed by atoms with E-state index in [1.165, 1.54) is 5.56 Å². The molecule has 27 heavy (non-hydrogen) atoms. The van der Waals surface area contributed by atoms with Crippen LogP contribution in [0.5, 0.6) is 11.5 Å². The van der Waals surface area contributed by atoms with E-state index in [4.69, 9.17) is 9.47 Å². The number of rotatable bonds is 7. The third-order valence-electron chi connectivity index (χ3n) is 5.00. The molecular formula is C22H28N2O3. The number of piperidine rings is 1. The van der Waals surface area contributed by atoms with E-state index in [9.17, 15) is 4.79 Å². The Morgan fingerprint density at radius 1 is 1.07 bits per heavy atom. The Hall–Kier alpha value is -2.53. The second-order valence-corrected chi connectivity index (χ2v) is 7.00. The summed E-state index contributed by atoms with van der Waals surface area (Å²) in [4.78, 5) is 15.1. The number of benzene rings is 2. The molecule has 0 bridgehead atoms. The molecule has 1 N–H and O–H groups in total. The van der Waals surface area contributed by atoms with Crippen molar-refractivity contribution in [1.29, 1.82) is 0 Å². The Morgan fingerprint density at radius 2 is 1.78 bits per heavy atom. The van der Waals surface area contributed by atoms with Gasteiger partial charge in [-0.3, -0.25) is 9.69 Å². The monoisotopic (exact) mass is 368 g/mol. The predicted octanol–water partition coefficient (Wildman–Crippen LogP) is 3.23. The van der Waals surface area contributed by atoms with E-state index in [1.54, 1.807) is 14.2 Å². The van der Waals surface area contributed by atoms with Gasteiger partial charge >= 0.3 is 0 Å². The van der Waals surface area contributed by atoms with Gasteiger partial charge in [-0.15, -0.1) is 0 Å². The standard InChI is InChI=1S/C22H28N2O3/c1-26-20-11-18(12-21(13-20)27-2)14-23-22(25)19-9-6-10-24(16-19)15-17-7-4-3-5-8-17/h3-5,7-8,11-13,19H,6,9-10,14-16H2,1-2H3,(H,23,25). The van der Waals surface area contributed by atoms with Crippen molar-refractivity contribution in [2.45, 2.75) is 25.9 Å². The zero-order valence-electron chi connectivity index (χ0n) is 16.1. The summed E-state index contributed by atoms with van der Waals surface area (Å²) in [6.45, 7) is 3.23. The summed E-state index contributed by atoms with van der Waals surface area (Å²) in [6, 6.07) is 16.1. The highest BCUT2D eigenvalue weighted by Gasteiger charge is 2.25. The van der Waals surface area contributed by atoms with E-state index >= 15 is 0 Å². The maximum Gasteiger partial charge on any atom is 0.224 e. The van der Waals surface area contributed by atoms with E-state index in [2.05, 4.69) is 34.5 Å². The Labute approximate surface area is 161 Å². The zero-order chi connectivity index (χ0) is 19.1. The summed E-state index contributed by atoms with van der Waals surface area (Å²) in [5, 5.41) is 3.08. The number of carbonyl (C=O) groups excluding carboxylic acids is 1. The summed E-state index contributed by atoms with van der Waals surface area (Å²) in [6.07, 6.45) is 2.00. The fourth-order valence-electron chi connectivity index (χ4n) is 3.56. The van der Waals surface area contributed by atoms with Gasteiger partial charge in [-0.05, 0) is 42.6 Å². The first kappa shape index (κ1) is 19.2. The van der Waals surface area contributed by atoms with Crippen molar-refractivity contribution in [2.75, 3.05) is 27.3 Å². The first-order chi connectivity index (χ1) is 13.2. The number of hydrogen-bond acceptors (Lipinski definition) is 4. The molecule has 1 amide bonds. The van der Waals surface area contributed by atoms with Crippen molar-refractivity contribution in [1.82, 2.24) is 10.2 Å². The van der Waals surface area contributed by atoms with Crippen molar-refractivity contribution in [3.05, 3.63) is 59.7 Å². The molecule has 1 atom stereocenters. The minimum absolute atomic E-state index is 0.0370. The number of methoxy groups -OCH3 is 2. The quantitative estimate of drug-likeness (QED) is 0.815. The lowest BCUT2D eigenvalue weighted by atomic mass is 9.96. The second kappa shape index (κ2) is 9.42. The molecule has 0 saturated carbocycles. The molecule has 144 valence electrons. The van der Waals surface area contributed by atoms with Crippen LogP contribution in [0.3, 0.4) is 0 Å². The van der Waals surface area contributed by atoms with E-state index < -0.39 is 0 Å². The van der Waals surface area contributed by atoms with Crippen LogP contribution in [0.4, 0.5) is 0 Å². The van der Waals surface area contributed by atoms with Crippen molar-refractivity contribution in [2.24, 2.45) is 5.92 Å². The molecule has 0 aromatic heterocycles. The molecule has 2 aromatic rings. The Kier molecular flexibility index (Phi) is 6.71. The molecule has 1 heterocycles. The van der Waals surface area contributed by atoms with Crippen molar-refractivity contribution in [3.8, 4) is 11.5 Å². The predicted molar refractivity (Wildman–Crippen MR) is 106 cm³/mol. The molecule has 2 aromatic carbocycles. The fraction of sp³-hybridized carbons (Fsp3) is 0.409. The van der Waals surface area contributed by atoms with Crippen LogP contribution in [0.1, 0.15) is 24.0 Å². The fourth-order valence-corrected chi connectivity index (χ4v) is 3.56. The minimum Gasteiger partial charge on any atom is -0.497 e. The summed E-state index contributed by atoms with van der Waals surface area (Å²) in [5.41, 5.74) is 2.26. The first-order valence-corrected chi connectivity index (χ1v) is 9.44. The van der Waals surface area contributed by atoms with E-state index in [0.717, 1.165) is 49.5 Å². The van der Waals surface area contributed by atoms with Crippen LogP contribution in [-0.4, -0.2) is 38.1 Å². The van der Waals surface area contributed by atoms with E-state index in [1.807, 2.05) is 24.3 Å². The normalized spacial score (nSPS) is 17.3. The number of hydrogen-bond donors (Lipinski definition) is 1. The number of amides is 1. The lowest BCUT2D eigenvalue weighted by molar-refractivity contribution is -0.126.